The number of hydrogen-bond donors (Lipinski definition) is 3. The third kappa shape index (κ3) is 3.63. The number of aromatic nitrogens is 5. The second-order valence-electron chi connectivity index (χ2n) is 6.26. The number of pyridine rings is 1. The van der Waals surface area contributed by atoms with Gasteiger partial charge >= 0.3 is 5.69 Å². The van der Waals surface area contributed by atoms with Gasteiger partial charge in [-0.05, 0) is 25.0 Å². The molecule has 0 aliphatic heterocycles. The van der Waals surface area contributed by atoms with Crippen LogP contribution in [0, 0.1) is 0 Å². The van der Waals surface area contributed by atoms with Crippen LogP contribution in [0.2, 0.25) is 0 Å². The number of nitrogens with one attached hydrogen (secondary N) is 2. The van der Waals surface area contributed by atoms with Gasteiger partial charge in [-0.15, -0.1) is 0 Å². The van der Waals surface area contributed by atoms with Crippen molar-refractivity contribution in [1.29, 1.82) is 0 Å². The summed E-state index contributed by atoms with van der Waals surface area (Å²) in [6.07, 6.45) is 3.08. The van der Waals surface area contributed by atoms with Crippen LogP contribution in [-0.2, 0) is 13.1 Å². The van der Waals surface area contributed by atoms with Crippen molar-refractivity contribution in [2.75, 3.05) is 18.5 Å². The van der Waals surface area contributed by atoms with E-state index in [1.165, 1.54) is 4.57 Å². The van der Waals surface area contributed by atoms with Gasteiger partial charge < -0.3 is 15.4 Å². The van der Waals surface area contributed by atoms with Crippen LogP contribution in [0.15, 0.2) is 27.9 Å². The Kier molecular flexibility index (Phi) is 5.70. The first-order valence-electron chi connectivity index (χ1n) is 9.15. The van der Waals surface area contributed by atoms with Gasteiger partial charge in [0.15, 0.2) is 5.65 Å². The number of imidazole rings is 1. The average molecular weight is 372 g/mol. The van der Waals surface area contributed by atoms with Crippen LogP contribution in [0.4, 0.5) is 5.82 Å². The van der Waals surface area contributed by atoms with Gasteiger partial charge in [-0.3, -0.25) is 13.9 Å². The number of H-pyrrole nitrogens is 1. The molecule has 0 aromatic carbocycles. The van der Waals surface area contributed by atoms with E-state index in [4.69, 9.17) is 5.11 Å². The Bertz CT molecular complexity index is 1030. The van der Waals surface area contributed by atoms with Gasteiger partial charge in [-0.25, -0.2) is 14.8 Å². The largest absolute Gasteiger partial charge is 0.395 e. The molecule has 3 aromatic rings. The lowest BCUT2D eigenvalue weighted by Gasteiger charge is -2.09. The van der Waals surface area contributed by atoms with Crippen LogP contribution in [0.25, 0.3) is 22.6 Å². The molecule has 0 unspecified atom stereocenters. The number of aryl methyl sites for hydroxylation is 1. The smallest absolute Gasteiger partial charge is 0.332 e. The van der Waals surface area contributed by atoms with E-state index in [1.807, 2.05) is 19.9 Å². The minimum absolute atomic E-state index is 0.0198. The van der Waals surface area contributed by atoms with Crippen LogP contribution in [0.3, 0.4) is 0 Å². The van der Waals surface area contributed by atoms with E-state index in [-0.39, 0.29) is 17.9 Å². The lowest BCUT2D eigenvalue weighted by atomic mass is 10.2. The molecule has 144 valence electrons. The number of hydrogen-bond acceptors (Lipinski definition) is 6. The molecular formula is C18H24N6O3. The molecule has 3 N–H and O–H groups in total. The van der Waals surface area contributed by atoms with Gasteiger partial charge in [0.1, 0.15) is 17.2 Å². The van der Waals surface area contributed by atoms with E-state index in [0.29, 0.717) is 54.4 Å². The Morgan fingerprint density at radius 2 is 1.89 bits per heavy atom. The second-order valence-corrected chi connectivity index (χ2v) is 6.26. The van der Waals surface area contributed by atoms with Crippen molar-refractivity contribution in [3.05, 3.63) is 39.2 Å². The normalized spacial score (nSPS) is 11.2. The third-order valence-corrected chi connectivity index (χ3v) is 4.21. The minimum atomic E-state index is -0.350. The molecule has 0 aliphatic rings. The van der Waals surface area contributed by atoms with E-state index < -0.39 is 0 Å². The summed E-state index contributed by atoms with van der Waals surface area (Å²) in [5, 5.41) is 11.8. The van der Waals surface area contributed by atoms with Gasteiger partial charge in [0.25, 0.3) is 5.56 Å². The van der Waals surface area contributed by atoms with Crippen LogP contribution >= 0.6 is 0 Å². The minimum Gasteiger partial charge on any atom is -0.395 e. The van der Waals surface area contributed by atoms with Crippen molar-refractivity contribution in [3.8, 4) is 11.4 Å². The van der Waals surface area contributed by atoms with Crippen LogP contribution < -0.4 is 16.6 Å². The highest BCUT2D eigenvalue weighted by atomic mass is 16.3. The number of fused-ring (bicyclic) bond motifs is 1. The molecule has 9 nitrogen and oxygen atoms in total. The zero-order valence-corrected chi connectivity index (χ0v) is 15.5. The fourth-order valence-electron chi connectivity index (χ4n) is 2.97. The van der Waals surface area contributed by atoms with E-state index in [1.54, 1.807) is 16.8 Å². The Balaban J connectivity index is 2.11. The maximum atomic E-state index is 12.7. The zero-order chi connectivity index (χ0) is 19.4. The van der Waals surface area contributed by atoms with Gasteiger partial charge in [-0.1, -0.05) is 13.8 Å². The molecule has 0 amide bonds. The van der Waals surface area contributed by atoms with Crippen molar-refractivity contribution >= 4 is 17.0 Å². The molecule has 0 fully saturated rings. The summed E-state index contributed by atoms with van der Waals surface area (Å²) >= 11 is 0. The highest BCUT2D eigenvalue weighted by molar-refractivity contribution is 5.75. The molecule has 0 bridgehead atoms. The average Bonchev–Trinajstić information content (AvgIpc) is 3.13. The molecule has 0 saturated heterocycles. The summed E-state index contributed by atoms with van der Waals surface area (Å²) in [5.74, 6) is 1.12. The molecule has 0 aliphatic carbocycles. The highest BCUT2D eigenvalue weighted by Gasteiger charge is 2.17. The first kappa shape index (κ1) is 18.8. The third-order valence-electron chi connectivity index (χ3n) is 4.21. The fraction of sp³-hybridized carbons (Fsp3) is 0.444. The Morgan fingerprint density at radius 3 is 2.52 bits per heavy atom. The topological polar surface area (TPSA) is 118 Å². The highest BCUT2D eigenvalue weighted by Crippen LogP contribution is 2.19. The molecule has 0 radical (unpaired) electrons. The monoisotopic (exact) mass is 372 g/mol. The van der Waals surface area contributed by atoms with Gasteiger partial charge in [0, 0.05) is 31.4 Å². The lowest BCUT2D eigenvalue weighted by molar-refractivity contribution is 0.311. The predicted molar refractivity (Wildman–Crippen MR) is 104 cm³/mol. The summed E-state index contributed by atoms with van der Waals surface area (Å²) in [5.41, 5.74) is 0.733. The molecule has 3 rings (SSSR count). The number of anilines is 1. The molecule has 27 heavy (non-hydrogen) atoms. The quantitative estimate of drug-likeness (QED) is 0.546. The van der Waals surface area contributed by atoms with Crippen molar-refractivity contribution < 1.29 is 5.11 Å². The van der Waals surface area contributed by atoms with Crippen molar-refractivity contribution in [2.45, 2.75) is 39.8 Å². The van der Waals surface area contributed by atoms with E-state index in [0.717, 1.165) is 6.42 Å². The van der Waals surface area contributed by atoms with Crippen LogP contribution in [0.1, 0.15) is 26.7 Å². The van der Waals surface area contributed by atoms with Crippen LogP contribution in [0.5, 0.6) is 0 Å². The van der Waals surface area contributed by atoms with Crippen molar-refractivity contribution in [3.63, 3.8) is 0 Å². The second kappa shape index (κ2) is 8.17. The molecule has 9 heteroatoms. The zero-order valence-electron chi connectivity index (χ0n) is 15.5. The van der Waals surface area contributed by atoms with Crippen molar-refractivity contribution in [1.82, 2.24) is 24.1 Å². The summed E-state index contributed by atoms with van der Waals surface area (Å²) in [4.78, 5) is 37.3. The number of aliphatic hydroxyl groups excluding tert-OH is 1. The first-order valence-corrected chi connectivity index (χ1v) is 9.15. The number of aromatic amines is 1. The fourth-order valence-corrected chi connectivity index (χ4v) is 2.97. The number of nitrogens with zero attached hydrogens (tertiary/aromatic N) is 4. The summed E-state index contributed by atoms with van der Waals surface area (Å²) in [6, 6.07) is 3.59. The molecule has 0 saturated carbocycles. The summed E-state index contributed by atoms with van der Waals surface area (Å²) in [6.45, 7) is 5.20. The first-order chi connectivity index (χ1) is 13.1. The summed E-state index contributed by atoms with van der Waals surface area (Å²) < 4.78 is 2.82. The Morgan fingerprint density at radius 1 is 1.15 bits per heavy atom. The number of rotatable bonds is 8. The van der Waals surface area contributed by atoms with Gasteiger partial charge in [-0.2, -0.15) is 0 Å². The molecule has 0 spiro atoms. The summed E-state index contributed by atoms with van der Waals surface area (Å²) in [7, 11) is 0. The maximum absolute atomic E-state index is 12.7. The van der Waals surface area contributed by atoms with Gasteiger partial charge in [0.2, 0.25) is 0 Å². The van der Waals surface area contributed by atoms with E-state index in [2.05, 4.69) is 20.3 Å². The predicted octanol–water partition coefficient (Wildman–Crippen LogP) is 1.17. The molecule has 3 heterocycles. The van der Waals surface area contributed by atoms with Crippen molar-refractivity contribution in [2.24, 2.45) is 0 Å². The molecule has 0 atom stereocenters. The standard InChI is InChI=1S/C18H24N6O3/c1-3-8-23-16-14(17(26)24(9-4-2)18(23)27)21-15(22-16)12-5-6-13(20-11-12)19-7-10-25/h5-6,11,25H,3-4,7-10H2,1-2H3,(H,19,20)(H,21,22). The maximum Gasteiger partial charge on any atom is 0.332 e. The lowest BCUT2D eigenvalue weighted by Crippen LogP contribution is -2.40. The van der Waals surface area contributed by atoms with E-state index in [9.17, 15) is 9.59 Å². The SMILES string of the molecule is CCCn1c(=O)c2[nH]c(-c3ccc(NCCO)nc3)nc2n(CCC)c1=O. The van der Waals surface area contributed by atoms with Crippen LogP contribution in [-0.4, -0.2) is 42.3 Å². The van der Waals surface area contributed by atoms with E-state index >= 15 is 0 Å². The molecular weight excluding hydrogens is 348 g/mol. The van der Waals surface area contributed by atoms with Gasteiger partial charge in [0.05, 0.1) is 6.61 Å². The Labute approximate surface area is 155 Å². The molecule has 3 aromatic heterocycles. The Hall–Kier alpha value is -2.94. The number of aliphatic hydroxyl groups is 1.